The molecule has 0 aromatic heterocycles. The van der Waals surface area contributed by atoms with E-state index in [-0.39, 0.29) is 5.75 Å². The third kappa shape index (κ3) is 4.13. The topological polar surface area (TPSA) is 71.0 Å². The van der Waals surface area contributed by atoms with Crippen molar-refractivity contribution in [2.45, 2.75) is 12.6 Å². The molecule has 0 aliphatic rings. The Balaban J connectivity index is 1.89. The zero-order valence-corrected chi connectivity index (χ0v) is 12.7. The average molecular weight is 303 g/mol. The smallest absolute Gasteiger partial charge is 0.160 e. The number of benzene rings is 2. The van der Waals surface area contributed by atoms with Gasteiger partial charge in [-0.25, -0.2) is 0 Å². The van der Waals surface area contributed by atoms with Gasteiger partial charge < -0.3 is 19.7 Å². The molecule has 0 aliphatic carbocycles. The number of phenolic OH excluding ortho intramolecular Hbond substituents is 1. The van der Waals surface area contributed by atoms with Crippen molar-refractivity contribution in [2.75, 3.05) is 20.8 Å². The van der Waals surface area contributed by atoms with Crippen LogP contribution in [-0.2, 0) is 6.42 Å². The summed E-state index contributed by atoms with van der Waals surface area (Å²) in [4.78, 5) is 0. The van der Waals surface area contributed by atoms with E-state index >= 15 is 0 Å². The second-order valence-electron chi connectivity index (χ2n) is 4.89. The van der Waals surface area contributed by atoms with Crippen LogP contribution in [0.2, 0.25) is 0 Å². The molecule has 2 rings (SSSR count). The van der Waals surface area contributed by atoms with E-state index in [1.165, 1.54) is 0 Å². The van der Waals surface area contributed by atoms with E-state index in [0.29, 0.717) is 23.6 Å². The van der Waals surface area contributed by atoms with E-state index in [2.05, 4.69) is 5.32 Å². The molecule has 0 spiro atoms. The Kier molecular flexibility index (Phi) is 5.63. The molecule has 118 valence electrons. The van der Waals surface area contributed by atoms with E-state index in [9.17, 15) is 10.2 Å². The lowest BCUT2D eigenvalue weighted by Gasteiger charge is -2.14. The van der Waals surface area contributed by atoms with Crippen LogP contribution in [-0.4, -0.2) is 31.0 Å². The monoisotopic (exact) mass is 303 g/mol. The highest BCUT2D eigenvalue weighted by atomic mass is 16.5. The number of methoxy groups -OCH3 is 2. The molecular formula is C17H21NO4. The zero-order chi connectivity index (χ0) is 15.9. The molecule has 0 radical (unpaired) electrons. The van der Waals surface area contributed by atoms with Crippen LogP contribution < -0.4 is 14.8 Å². The summed E-state index contributed by atoms with van der Waals surface area (Å²) in [7, 11) is 3.21. The molecule has 1 atom stereocenters. The third-order valence-corrected chi connectivity index (χ3v) is 3.41. The van der Waals surface area contributed by atoms with Crippen LogP contribution in [0, 0.1) is 0 Å². The number of nitrogens with one attached hydrogen (secondary N) is 1. The van der Waals surface area contributed by atoms with Gasteiger partial charge >= 0.3 is 0 Å². The van der Waals surface area contributed by atoms with Crippen LogP contribution >= 0.6 is 0 Å². The number of aliphatic hydroxyl groups excluding tert-OH is 1. The highest BCUT2D eigenvalue weighted by molar-refractivity contribution is 5.43. The van der Waals surface area contributed by atoms with Crippen molar-refractivity contribution in [1.82, 2.24) is 5.32 Å². The zero-order valence-electron chi connectivity index (χ0n) is 12.7. The van der Waals surface area contributed by atoms with Gasteiger partial charge in [-0.05, 0) is 41.8 Å². The number of phenols is 1. The summed E-state index contributed by atoms with van der Waals surface area (Å²) in [6.45, 7) is 0.609. The SMILES string of the molecule is COc1ccc(CCN[C@H](O)c2ccc(O)cc2)cc1OC. The molecule has 0 saturated heterocycles. The fraction of sp³-hybridized carbons (Fsp3) is 0.294. The highest BCUT2D eigenvalue weighted by Crippen LogP contribution is 2.27. The molecule has 5 heteroatoms. The van der Waals surface area contributed by atoms with Crippen LogP contribution in [0.1, 0.15) is 17.4 Å². The Bertz CT molecular complexity index is 598. The summed E-state index contributed by atoms with van der Waals surface area (Å²) in [5, 5.41) is 22.3. The van der Waals surface area contributed by atoms with Gasteiger partial charge in [-0.1, -0.05) is 18.2 Å². The van der Waals surface area contributed by atoms with E-state index in [0.717, 1.165) is 12.0 Å². The summed E-state index contributed by atoms with van der Waals surface area (Å²) in [6.07, 6.45) is -0.0177. The second kappa shape index (κ2) is 7.68. The molecule has 3 N–H and O–H groups in total. The molecule has 2 aromatic carbocycles. The molecule has 0 saturated carbocycles. The van der Waals surface area contributed by atoms with Gasteiger partial charge in [0, 0.05) is 6.54 Å². The van der Waals surface area contributed by atoms with Crippen molar-refractivity contribution in [3.63, 3.8) is 0 Å². The van der Waals surface area contributed by atoms with E-state index in [1.807, 2.05) is 18.2 Å². The van der Waals surface area contributed by atoms with Crippen LogP contribution in [0.4, 0.5) is 0 Å². The van der Waals surface area contributed by atoms with Gasteiger partial charge in [-0.2, -0.15) is 0 Å². The maximum absolute atomic E-state index is 10.0. The number of hydrogen-bond acceptors (Lipinski definition) is 5. The summed E-state index contributed by atoms with van der Waals surface area (Å²) in [5.74, 6) is 1.57. The van der Waals surface area contributed by atoms with Crippen molar-refractivity contribution in [2.24, 2.45) is 0 Å². The molecule has 5 nitrogen and oxygen atoms in total. The number of hydrogen-bond donors (Lipinski definition) is 3. The summed E-state index contributed by atoms with van der Waals surface area (Å²) in [6, 6.07) is 12.2. The first kappa shape index (κ1) is 16.1. The van der Waals surface area contributed by atoms with E-state index in [1.54, 1.807) is 38.5 Å². The minimum absolute atomic E-state index is 0.182. The van der Waals surface area contributed by atoms with Gasteiger partial charge in [0.15, 0.2) is 11.5 Å². The maximum atomic E-state index is 10.0. The van der Waals surface area contributed by atoms with Gasteiger partial charge in [0.05, 0.1) is 14.2 Å². The van der Waals surface area contributed by atoms with Crippen LogP contribution in [0.15, 0.2) is 42.5 Å². The predicted octanol–water partition coefficient (Wildman–Crippen LogP) is 2.23. The van der Waals surface area contributed by atoms with Crippen LogP contribution in [0.5, 0.6) is 17.2 Å². The third-order valence-electron chi connectivity index (χ3n) is 3.41. The standard InChI is InChI=1S/C17H21NO4/c1-21-15-8-3-12(11-16(15)22-2)9-10-18-17(20)13-4-6-14(19)7-5-13/h3-8,11,17-20H,9-10H2,1-2H3/t17-/m1/s1. The summed E-state index contributed by atoms with van der Waals surface area (Å²) >= 11 is 0. The van der Waals surface area contributed by atoms with Crippen LogP contribution in [0.3, 0.4) is 0 Å². The Hall–Kier alpha value is -2.24. The van der Waals surface area contributed by atoms with Crippen molar-refractivity contribution in [3.8, 4) is 17.2 Å². The second-order valence-corrected chi connectivity index (χ2v) is 4.89. The molecule has 0 heterocycles. The van der Waals surface area contributed by atoms with Crippen molar-refractivity contribution in [3.05, 3.63) is 53.6 Å². The molecule has 0 fully saturated rings. The van der Waals surface area contributed by atoms with Crippen molar-refractivity contribution in [1.29, 1.82) is 0 Å². The lowest BCUT2D eigenvalue weighted by atomic mass is 10.1. The van der Waals surface area contributed by atoms with Gasteiger partial charge in [0.1, 0.15) is 12.0 Å². The average Bonchev–Trinajstić information content (AvgIpc) is 2.55. The van der Waals surface area contributed by atoms with E-state index in [4.69, 9.17) is 9.47 Å². The quantitative estimate of drug-likeness (QED) is 0.684. The minimum Gasteiger partial charge on any atom is -0.508 e. The molecule has 0 amide bonds. The summed E-state index contributed by atoms with van der Waals surface area (Å²) in [5.41, 5.74) is 1.80. The Morgan fingerprint density at radius 3 is 2.32 bits per heavy atom. The normalized spacial score (nSPS) is 12.0. The van der Waals surface area contributed by atoms with Crippen molar-refractivity contribution < 1.29 is 19.7 Å². The molecule has 0 bridgehead atoms. The number of aromatic hydroxyl groups is 1. The first-order chi connectivity index (χ1) is 10.6. The largest absolute Gasteiger partial charge is 0.508 e. The summed E-state index contributed by atoms with van der Waals surface area (Å²) < 4.78 is 10.5. The fourth-order valence-electron chi connectivity index (χ4n) is 2.16. The molecule has 0 aliphatic heterocycles. The molecule has 2 aromatic rings. The van der Waals surface area contributed by atoms with Gasteiger partial charge in [0.2, 0.25) is 0 Å². The Morgan fingerprint density at radius 2 is 1.68 bits per heavy atom. The number of aliphatic hydroxyl groups is 1. The lowest BCUT2D eigenvalue weighted by Crippen LogP contribution is -2.23. The Labute approximate surface area is 130 Å². The van der Waals surface area contributed by atoms with Gasteiger partial charge in [-0.15, -0.1) is 0 Å². The predicted molar refractivity (Wildman–Crippen MR) is 84.3 cm³/mol. The molecule has 22 heavy (non-hydrogen) atoms. The first-order valence-electron chi connectivity index (χ1n) is 7.05. The maximum Gasteiger partial charge on any atom is 0.160 e. The highest BCUT2D eigenvalue weighted by Gasteiger charge is 2.08. The van der Waals surface area contributed by atoms with E-state index < -0.39 is 6.23 Å². The number of ether oxygens (including phenoxy) is 2. The lowest BCUT2D eigenvalue weighted by molar-refractivity contribution is 0.140. The van der Waals surface area contributed by atoms with Gasteiger partial charge in [0.25, 0.3) is 0 Å². The van der Waals surface area contributed by atoms with Crippen LogP contribution in [0.25, 0.3) is 0 Å². The Morgan fingerprint density at radius 1 is 1.00 bits per heavy atom. The fourth-order valence-corrected chi connectivity index (χ4v) is 2.16. The minimum atomic E-state index is -0.763. The molecule has 0 unspecified atom stereocenters. The first-order valence-corrected chi connectivity index (χ1v) is 7.05. The van der Waals surface area contributed by atoms with Gasteiger partial charge in [-0.3, -0.25) is 5.32 Å². The number of rotatable bonds is 7. The van der Waals surface area contributed by atoms with Crippen molar-refractivity contribution >= 4 is 0 Å². The molecular weight excluding hydrogens is 282 g/mol.